The zero-order valence-electron chi connectivity index (χ0n) is 11.3. The summed E-state index contributed by atoms with van der Waals surface area (Å²) in [7, 11) is 0. The molecule has 0 radical (unpaired) electrons. The Morgan fingerprint density at radius 1 is 1.29 bits per heavy atom. The van der Waals surface area contributed by atoms with Crippen molar-refractivity contribution in [2.75, 3.05) is 13.1 Å². The number of carboxylic acids is 1. The number of carbonyl (C=O) groups excluding carboxylic acids is 1. The van der Waals surface area contributed by atoms with Crippen LogP contribution in [0.3, 0.4) is 0 Å². The maximum atomic E-state index is 13.1. The molecule has 0 spiro atoms. The summed E-state index contributed by atoms with van der Waals surface area (Å²) < 4.78 is 39.2. The van der Waals surface area contributed by atoms with Crippen molar-refractivity contribution >= 4 is 11.9 Å². The van der Waals surface area contributed by atoms with Gasteiger partial charge in [-0.05, 0) is 25.0 Å². The third-order valence-corrected chi connectivity index (χ3v) is 3.88. The topological polar surface area (TPSA) is 57.6 Å². The van der Waals surface area contributed by atoms with Crippen molar-refractivity contribution < 1.29 is 27.9 Å². The Morgan fingerprint density at radius 2 is 1.90 bits per heavy atom. The first-order valence-electron chi connectivity index (χ1n) is 6.34. The molecule has 1 aliphatic rings. The molecular weight excluding hydrogens is 287 g/mol. The first-order chi connectivity index (χ1) is 9.69. The number of hydrogen-bond acceptors (Lipinski definition) is 2. The summed E-state index contributed by atoms with van der Waals surface area (Å²) in [5, 5.41) is 8.97. The highest BCUT2D eigenvalue weighted by atomic mass is 19.4. The molecule has 1 heterocycles. The minimum atomic E-state index is -4.89. The fraction of sp³-hybridized carbons (Fsp3) is 0.429. The van der Waals surface area contributed by atoms with Gasteiger partial charge in [0.05, 0.1) is 0 Å². The van der Waals surface area contributed by atoms with Crippen molar-refractivity contribution in [3.8, 4) is 0 Å². The Labute approximate surface area is 119 Å². The summed E-state index contributed by atoms with van der Waals surface area (Å²) in [6, 6.07) is 6.53. The van der Waals surface area contributed by atoms with Gasteiger partial charge in [-0.2, -0.15) is 13.2 Å². The van der Waals surface area contributed by atoms with Crippen molar-refractivity contribution in [3.63, 3.8) is 0 Å². The van der Waals surface area contributed by atoms with Crippen molar-refractivity contribution in [1.82, 2.24) is 4.90 Å². The molecule has 0 bridgehead atoms. The lowest BCUT2D eigenvalue weighted by molar-refractivity contribution is -0.227. The van der Waals surface area contributed by atoms with Gasteiger partial charge in [-0.15, -0.1) is 0 Å². The van der Waals surface area contributed by atoms with Gasteiger partial charge in [-0.3, -0.25) is 9.59 Å². The van der Waals surface area contributed by atoms with Gasteiger partial charge in [-0.25, -0.2) is 0 Å². The highest BCUT2D eigenvalue weighted by Crippen LogP contribution is 2.46. The number of likely N-dealkylation sites (tertiary alicyclic amines) is 1. The Morgan fingerprint density at radius 3 is 2.38 bits per heavy atom. The Balaban J connectivity index is 2.28. The molecule has 1 unspecified atom stereocenters. The van der Waals surface area contributed by atoms with Crippen LogP contribution in [0.4, 0.5) is 13.2 Å². The van der Waals surface area contributed by atoms with Crippen LogP contribution in [-0.2, 0) is 4.79 Å². The SMILES string of the molecule is Cc1ccccc1C(=O)N1CCC(C(=O)O)(C(F)(F)F)C1. The second-order valence-electron chi connectivity index (χ2n) is 5.18. The molecule has 0 aromatic heterocycles. The second-order valence-corrected chi connectivity index (χ2v) is 5.18. The number of aryl methyl sites for hydroxylation is 1. The summed E-state index contributed by atoms with van der Waals surface area (Å²) in [5.41, 5.74) is -1.94. The van der Waals surface area contributed by atoms with Crippen LogP contribution in [0.1, 0.15) is 22.3 Å². The average molecular weight is 301 g/mol. The number of rotatable bonds is 2. The van der Waals surface area contributed by atoms with E-state index in [1.807, 2.05) is 0 Å². The van der Waals surface area contributed by atoms with E-state index in [4.69, 9.17) is 5.11 Å². The number of carboxylic acid groups (broad SMARTS) is 1. The normalized spacial score (nSPS) is 22.4. The summed E-state index contributed by atoms with van der Waals surface area (Å²) >= 11 is 0. The maximum absolute atomic E-state index is 13.1. The molecule has 4 nitrogen and oxygen atoms in total. The van der Waals surface area contributed by atoms with E-state index < -0.39 is 36.4 Å². The summed E-state index contributed by atoms with van der Waals surface area (Å²) in [5.74, 6) is -2.50. The number of nitrogens with zero attached hydrogens (tertiary/aromatic N) is 1. The fourth-order valence-electron chi connectivity index (χ4n) is 2.49. The number of alkyl halides is 3. The molecule has 1 aromatic carbocycles. The van der Waals surface area contributed by atoms with Crippen molar-refractivity contribution in [2.24, 2.45) is 5.41 Å². The third-order valence-electron chi connectivity index (χ3n) is 3.88. The van der Waals surface area contributed by atoms with E-state index in [-0.39, 0.29) is 6.54 Å². The van der Waals surface area contributed by atoms with Gasteiger partial charge in [0.1, 0.15) is 0 Å². The van der Waals surface area contributed by atoms with Crippen LogP contribution >= 0.6 is 0 Å². The molecule has 1 fully saturated rings. The fourth-order valence-corrected chi connectivity index (χ4v) is 2.49. The number of carbonyl (C=O) groups is 2. The molecule has 1 N–H and O–H groups in total. The standard InChI is InChI=1S/C14H14F3NO3/c1-9-4-2-3-5-10(9)11(19)18-7-6-13(8-18,12(20)21)14(15,16)17/h2-5H,6-8H2,1H3,(H,20,21). The Bertz CT molecular complexity index is 585. The minimum Gasteiger partial charge on any atom is -0.481 e. The van der Waals surface area contributed by atoms with E-state index in [1.165, 1.54) is 6.07 Å². The number of hydrogen-bond donors (Lipinski definition) is 1. The zero-order chi connectivity index (χ0) is 15.8. The van der Waals surface area contributed by atoms with Gasteiger partial charge >= 0.3 is 12.1 Å². The molecule has 0 saturated carbocycles. The molecule has 0 aliphatic carbocycles. The molecular formula is C14H14F3NO3. The monoisotopic (exact) mass is 301 g/mol. The third kappa shape index (κ3) is 2.48. The summed E-state index contributed by atoms with van der Waals surface area (Å²) in [4.78, 5) is 24.3. The number of aliphatic carboxylic acids is 1. The Kier molecular flexibility index (Phi) is 3.69. The molecule has 7 heteroatoms. The van der Waals surface area contributed by atoms with Gasteiger partial charge in [0, 0.05) is 18.7 Å². The lowest BCUT2D eigenvalue weighted by atomic mass is 9.86. The number of benzene rings is 1. The van der Waals surface area contributed by atoms with E-state index in [0.29, 0.717) is 11.1 Å². The molecule has 1 atom stereocenters. The first kappa shape index (κ1) is 15.3. The average Bonchev–Trinajstić information content (AvgIpc) is 2.84. The molecule has 1 aromatic rings. The van der Waals surface area contributed by atoms with Crippen LogP contribution < -0.4 is 0 Å². The van der Waals surface area contributed by atoms with Crippen LogP contribution in [0.15, 0.2) is 24.3 Å². The van der Waals surface area contributed by atoms with Gasteiger partial charge in [-0.1, -0.05) is 18.2 Å². The van der Waals surface area contributed by atoms with Gasteiger partial charge in [0.25, 0.3) is 5.91 Å². The van der Waals surface area contributed by atoms with E-state index in [0.717, 1.165) is 4.90 Å². The predicted octanol–water partition coefficient (Wildman–Crippen LogP) is 2.47. The predicted molar refractivity (Wildman–Crippen MR) is 67.8 cm³/mol. The molecule has 114 valence electrons. The molecule has 1 aliphatic heterocycles. The highest BCUT2D eigenvalue weighted by Gasteiger charge is 2.64. The summed E-state index contributed by atoms with van der Waals surface area (Å²) in [6.07, 6.45) is -5.51. The lowest BCUT2D eigenvalue weighted by Gasteiger charge is -2.27. The first-order valence-corrected chi connectivity index (χ1v) is 6.34. The van der Waals surface area contributed by atoms with Crippen LogP contribution in [-0.4, -0.2) is 41.1 Å². The van der Waals surface area contributed by atoms with E-state index in [2.05, 4.69) is 0 Å². The van der Waals surface area contributed by atoms with E-state index in [1.54, 1.807) is 25.1 Å². The molecule has 1 saturated heterocycles. The van der Waals surface area contributed by atoms with Crippen molar-refractivity contribution in [1.29, 1.82) is 0 Å². The number of amides is 1. The van der Waals surface area contributed by atoms with E-state index >= 15 is 0 Å². The molecule has 1 amide bonds. The molecule has 21 heavy (non-hydrogen) atoms. The van der Waals surface area contributed by atoms with Crippen molar-refractivity contribution in [2.45, 2.75) is 19.5 Å². The lowest BCUT2D eigenvalue weighted by Crippen LogP contribution is -2.47. The van der Waals surface area contributed by atoms with Crippen LogP contribution in [0.2, 0.25) is 0 Å². The van der Waals surface area contributed by atoms with Crippen LogP contribution in [0, 0.1) is 12.3 Å². The highest BCUT2D eigenvalue weighted by molar-refractivity contribution is 5.96. The zero-order valence-corrected chi connectivity index (χ0v) is 11.3. The van der Waals surface area contributed by atoms with Gasteiger partial charge in [0.2, 0.25) is 0 Å². The largest absolute Gasteiger partial charge is 0.481 e. The van der Waals surface area contributed by atoms with Gasteiger partial charge in [0.15, 0.2) is 5.41 Å². The molecule has 2 rings (SSSR count). The quantitative estimate of drug-likeness (QED) is 0.913. The van der Waals surface area contributed by atoms with Crippen LogP contribution in [0.25, 0.3) is 0 Å². The maximum Gasteiger partial charge on any atom is 0.406 e. The van der Waals surface area contributed by atoms with E-state index in [9.17, 15) is 22.8 Å². The van der Waals surface area contributed by atoms with Crippen LogP contribution in [0.5, 0.6) is 0 Å². The second kappa shape index (κ2) is 5.05. The van der Waals surface area contributed by atoms with Crippen molar-refractivity contribution in [3.05, 3.63) is 35.4 Å². The number of halogens is 3. The Hall–Kier alpha value is -2.05. The summed E-state index contributed by atoms with van der Waals surface area (Å²) in [6.45, 7) is 0.607. The minimum absolute atomic E-state index is 0.223. The smallest absolute Gasteiger partial charge is 0.406 e. The van der Waals surface area contributed by atoms with Gasteiger partial charge < -0.3 is 10.0 Å².